The lowest BCUT2D eigenvalue weighted by Crippen LogP contribution is -2.16. The van der Waals surface area contributed by atoms with Crippen LogP contribution in [0.4, 0.5) is 13.2 Å². The van der Waals surface area contributed by atoms with E-state index in [1.807, 2.05) is 0 Å². The van der Waals surface area contributed by atoms with Crippen LogP contribution in [0.5, 0.6) is 0 Å². The summed E-state index contributed by atoms with van der Waals surface area (Å²) in [5.41, 5.74) is 0.180. The third kappa shape index (κ3) is 1.36. The maximum absolute atomic E-state index is 13.6. The van der Waals surface area contributed by atoms with Crippen LogP contribution in [0.25, 0.3) is 0 Å². The highest BCUT2D eigenvalue weighted by Gasteiger charge is 2.51. The number of benzene rings is 1. The van der Waals surface area contributed by atoms with Gasteiger partial charge in [0.25, 0.3) is 5.92 Å². The third-order valence-electron chi connectivity index (χ3n) is 3.07. The van der Waals surface area contributed by atoms with Crippen molar-refractivity contribution in [1.82, 2.24) is 0 Å². The zero-order valence-corrected chi connectivity index (χ0v) is 9.00. The summed E-state index contributed by atoms with van der Waals surface area (Å²) in [5.74, 6) is -3.82. The van der Waals surface area contributed by atoms with Crippen LogP contribution in [0, 0.1) is 12.7 Å². The van der Waals surface area contributed by atoms with E-state index in [-0.39, 0.29) is 6.42 Å². The van der Waals surface area contributed by atoms with Gasteiger partial charge in [-0.15, -0.1) is 0 Å². The van der Waals surface area contributed by atoms with E-state index in [0.717, 1.165) is 11.6 Å². The molecule has 0 unspecified atom stereocenters. The first-order valence-corrected chi connectivity index (χ1v) is 4.93. The van der Waals surface area contributed by atoms with E-state index in [2.05, 4.69) is 0 Å². The molecular weight excluding hydrogens is 201 g/mol. The monoisotopic (exact) mass is 214 g/mol. The van der Waals surface area contributed by atoms with Crippen molar-refractivity contribution in [3.63, 3.8) is 0 Å². The second-order valence-corrected chi connectivity index (χ2v) is 4.88. The van der Waals surface area contributed by atoms with Gasteiger partial charge in [0.1, 0.15) is 5.82 Å². The van der Waals surface area contributed by atoms with Crippen LogP contribution in [0.2, 0.25) is 0 Å². The highest BCUT2D eigenvalue weighted by Crippen LogP contribution is 2.53. The number of hydrogen-bond donors (Lipinski definition) is 0. The average Bonchev–Trinajstić information content (AvgIpc) is 2.25. The van der Waals surface area contributed by atoms with Crippen molar-refractivity contribution in [2.45, 2.75) is 38.5 Å². The Hall–Kier alpha value is -0.990. The van der Waals surface area contributed by atoms with Gasteiger partial charge in [-0.1, -0.05) is 19.9 Å². The standard InChI is InChI=1S/C12H13F3/c1-7-4-5-8(13)10-9(7)11(2,3)6-12(10,14)15/h4-5H,6H2,1-3H3. The molecule has 3 heteroatoms. The molecule has 0 N–H and O–H groups in total. The summed E-state index contributed by atoms with van der Waals surface area (Å²) in [5, 5.41) is 0. The van der Waals surface area contributed by atoms with E-state index < -0.39 is 22.7 Å². The van der Waals surface area contributed by atoms with Crippen molar-refractivity contribution < 1.29 is 13.2 Å². The fraction of sp³-hybridized carbons (Fsp3) is 0.500. The molecule has 0 bridgehead atoms. The van der Waals surface area contributed by atoms with Gasteiger partial charge in [-0.2, -0.15) is 0 Å². The molecule has 0 nitrogen and oxygen atoms in total. The molecule has 1 aliphatic rings. The van der Waals surface area contributed by atoms with E-state index in [9.17, 15) is 13.2 Å². The molecule has 0 spiro atoms. The van der Waals surface area contributed by atoms with Crippen LogP contribution < -0.4 is 0 Å². The van der Waals surface area contributed by atoms with E-state index in [0.29, 0.717) is 5.56 Å². The fourth-order valence-corrected chi connectivity index (χ4v) is 2.64. The molecule has 0 aromatic heterocycles. The second kappa shape index (κ2) is 2.77. The molecule has 0 fully saturated rings. The van der Waals surface area contributed by atoms with Gasteiger partial charge in [-0.25, -0.2) is 13.2 Å². The van der Waals surface area contributed by atoms with Crippen molar-refractivity contribution in [3.05, 3.63) is 34.6 Å². The Labute approximate surface area is 87.1 Å². The quantitative estimate of drug-likeness (QED) is 0.614. The predicted octanol–water partition coefficient (Wildman–Crippen LogP) is 3.91. The highest BCUT2D eigenvalue weighted by atomic mass is 19.3. The van der Waals surface area contributed by atoms with Crippen LogP contribution in [-0.4, -0.2) is 0 Å². The largest absolute Gasteiger partial charge is 0.277 e. The Balaban J connectivity index is 2.80. The Morgan fingerprint density at radius 2 is 1.73 bits per heavy atom. The Morgan fingerprint density at radius 1 is 1.13 bits per heavy atom. The van der Waals surface area contributed by atoms with Gasteiger partial charge in [0.2, 0.25) is 0 Å². The molecule has 1 aliphatic carbocycles. The van der Waals surface area contributed by atoms with Gasteiger partial charge in [-0.3, -0.25) is 0 Å². The van der Waals surface area contributed by atoms with Crippen molar-refractivity contribution in [1.29, 1.82) is 0 Å². The molecule has 82 valence electrons. The maximum Gasteiger partial charge on any atom is 0.277 e. The molecule has 0 amide bonds. The Kier molecular flexibility index (Phi) is 1.95. The predicted molar refractivity (Wildman–Crippen MR) is 52.7 cm³/mol. The van der Waals surface area contributed by atoms with Crippen LogP contribution in [-0.2, 0) is 11.3 Å². The summed E-state index contributed by atoms with van der Waals surface area (Å²) in [6, 6.07) is 2.70. The second-order valence-electron chi connectivity index (χ2n) is 4.88. The summed E-state index contributed by atoms with van der Waals surface area (Å²) < 4.78 is 40.7. The van der Waals surface area contributed by atoms with Gasteiger partial charge in [0.05, 0.1) is 5.56 Å². The van der Waals surface area contributed by atoms with Crippen LogP contribution in [0.15, 0.2) is 12.1 Å². The molecule has 2 rings (SSSR count). The first-order valence-electron chi connectivity index (χ1n) is 4.93. The molecule has 1 aromatic carbocycles. The minimum absolute atomic E-state index is 0.308. The number of fused-ring (bicyclic) bond motifs is 1. The lowest BCUT2D eigenvalue weighted by molar-refractivity contribution is -0.0169. The number of aryl methyl sites for hydroxylation is 1. The van der Waals surface area contributed by atoms with Crippen molar-refractivity contribution in [2.75, 3.05) is 0 Å². The van der Waals surface area contributed by atoms with Crippen molar-refractivity contribution >= 4 is 0 Å². The smallest absolute Gasteiger partial charge is 0.206 e. The molecule has 1 aromatic rings. The fourth-order valence-electron chi connectivity index (χ4n) is 2.64. The normalized spacial score (nSPS) is 21.5. The molecule has 0 saturated carbocycles. The van der Waals surface area contributed by atoms with E-state index >= 15 is 0 Å². The Bertz CT molecular complexity index is 380. The van der Waals surface area contributed by atoms with Gasteiger partial charge in [-0.05, 0) is 29.5 Å². The van der Waals surface area contributed by atoms with Crippen LogP contribution in [0.3, 0.4) is 0 Å². The number of halogens is 3. The summed E-state index contributed by atoms with van der Waals surface area (Å²) in [6.45, 7) is 5.22. The molecule has 0 saturated heterocycles. The summed E-state index contributed by atoms with van der Waals surface area (Å²) in [7, 11) is 0. The maximum atomic E-state index is 13.6. The first kappa shape index (κ1) is 10.5. The average molecular weight is 214 g/mol. The molecule has 0 aliphatic heterocycles. The summed E-state index contributed by atoms with van der Waals surface area (Å²) in [4.78, 5) is 0. The van der Waals surface area contributed by atoms with Crippen molar-refractivity contribution in [3.8, 4) is 0 Å². The van der Waals surface area contributed by atoms with E-state index in [4.69, 9.17) is 0 Å². The van der Waals surface area contributed by atoms with Crippen LogP contribution in [0.1, 0.15) is 37.0 Å². The lowest BCUT2D eigenvalue weighted by atomic mass is 9.84. The van der Waals surface area contributed by atoms with E-state index in [1.165, 1.54) is 0 Å². The summed E-state index contributed by atoms with van der Waals surface area (Å²) >= 11 is 0. The zero-order chi connectivity index (χ0) is 11.4. The molecular formula is C12H13F3. The minimum atomic E-state index is -3.03. The molecule has 0 radical (unpaired) electrons. The zero-order valence-electron chi connectivity index (χ0n) is 9.00. The SMILES string of the molecule is Cc1ccc(F)c2c1C(C)(C)CC2(F)F. The number of hydrogen-bond acceptors (Lipinski definition) is 0. The number of alkyl halides is 2. The lowest BCUT2D eigenvalue weighted by Gasteiger charge is -2.20. The molecule has 0 atom stereocenters. The van der Waals surface area contributed by atoms with Gasteiger partial charge in [0.15, 0.2) is 0 Å². The first-order chi connectivity index (χ1) is 6.76. The van der Waals surface area contributed by atoms with Gasteiger partial charge >= 0.3 is 0 Å². The Morgan fingerprint density at radius 3 is 2.27 bits per heavy atom. The topological polar surface area (TPSA) is 0 Å². The minimum Gasteiger partial charge on any atom is -0.206 e. The highest BCUT2D eigenvalue weighted by molar-refractivity contribution is 5.47. The molecule has 15 heavy (non-hydrogen) atoms. The number of rotatable bonds is 0. The van der Waals surface area contributed by atoms with Gasteiger partial charge < -0.3 is 0 Å². The van der Waals surface area contributed by atoms with E-state index in [1.54, 1.807) is 26.8 Å². The summed E-state index contributed by atoms with van der Waals surface area (Å²) in [6.07, 6.45) is -0.308. The van der Waals surface area contributed by atoms with Crippen LogP contribution >= 0.6 is 0 Å². The van der Waals surface area contributed by atoms with Gasteiger partial charge in [0, 0.05) is 6.42 Å². The third-order valence-corrected chi connectivity index (χ3v) is 3.07. The van der Waals surface area contributed by atoms with Crippen molar-refractivity contribution in [2.24, 2.45) is 0 Å². The molecule has 0 heterocycles.